The summed E-state index contributed by atoms with van der Waals surface area (Å²) < 4.78 is 2.51. The highest BCUT2D eigenvalue weighted by Crippen LogP contribution is 2.46. The molecule has 11 aromatic carbocycles. The van der Waals surface area contributed by atoms with Crippen molar-refractivity contribution >= 4 is 82.0 Å². The first kappa shape index (κ1) is 34.1. The van der Waals surface area contributed by atoms with Crippen molar-refractivity contribution < 1.29 is 0 Å². The van der Waals surface area contributed by atoms with E-state index in [9.17, 15) is 0 Å². The zero-order valence-electron chi connectivity index (χ0n) is 32.8. The van der Waals surface area contributed by atoms with Crippen LogP contribution in [-0.2, 0) is 0 Å². The van der Waals surface area contributed by atoms with Crippen molar-refractivity contribution in [2.24, 2.45) is 0 Å². The molecule has 0 spiro atoms. The highest BCUT2D eigenvalue weighted by atomic mass is 15.1. The van der Waals surface area contributed by atoms with Crippen molar-refractivity contribution in [1.82, 2.24) is 4.57 Å². The zero-order valence-corrected chi connectivity index (χ0v) is 32.8. The Morgan fingerprint density at radius 1 is 0.300 bits per heavy atom. The molecular weight excluding hydrogens is 725 g/mol. The van der Waals surface area contributed by atoms with Gasteiger partial charge in [0.2, 0.25) is 0 Å². The second-order valence-electron chi connectivity index (χ2n) is 15.7. The number of rotatable bonds is 6. The molecule has 12 aromatic rings. The summed E-state index contributed by atoms with van der Waals surface area (Å²) >= 11 is 0. The van der Waals surface area contributed by atoms with Crippen LogP contribution in [0.5, 0.6) is 0 Å². The summed E-state index contributed by atoms with van der Waals surface area (Å²) in [6.45, 7) is 0. The van der Waals surface area contributed by atoms with Crippen molar-refractivity contribution in [1.29, 1.82) is 0 Å². The summed E-state index contributed by atoms with van der Waals surface area (Å²) in [6.07, 6.45) is 0. The molecule has 1 aromatic heterocycles. The minimum absolute atomic E-state index is 1.09. The van der Waals surface area contributed by atoms with E-state index in [0.29, 0.717) is 0 Å². The van der Waals surface area contributed by atoms with E-state index in [1.165, 1.54) is 81.6 Å². The Bertz CT molecular complexity index is 3580. The summed E-state index contributed by atoms with van der Waals surface area (Å²) in [5, 5.41) is 12.4. The minimum Gasteiger partial charge on any atom is -0.310 e. The summed E-state index contributed by atoms with van der Waals surface area (Å²) in [6, 6.07) is 84.3. The van der Waals surface area contributed by atoms with Gasteiger partial charge in [0.15, 0.2) is 0 Å². The van der Waals surface area contributed by atoms with Crippen molar-refractivity contribution in [3.63, 3.8) is 0 Å². The quantitative estimate of drug-likeness (QED) is 0.153. The summed E-state index contributed by atoms with van der Waals surface area (Å²) in [5.74, 6) is 0. The smallest absolute Gasteiger partial charge is 0.0625 e. The van der Waals surface area contributed by atoms with Crippen LogP contribution in [-0.4, -0.2) is 4.57 Å². The van der Waals surface area contributed by atoms with Crippen molar-refractivity contribution in [2.75, 3.05) is 4.90 Å². The Morgan fingerprint density at radius 3 is 1.62 bits per heavy atom. The summed E-state index contributed by atoms with van der Waals surface area (Å²) in [4.78, 5) is 2.39. The normalized spacial score (nSPS) is 11.7. The van der Waals surface area contributed by atoms with Crippen LogP contribution in [0.15, 0.2) is 231 Å². The number of benzene rings is 11. The van der Waals surface area contributed by atoms with Crippen molar-refractivity contribution in [3.8, 4) is 27.9 Å². The van der Waals surface area contributed by atoms with Gasteiger partial charge in [0.05, 0.1) is 11.0 Å². The van der Waals surface area contributed by atoms with E-state index in [4.69, 9.17) is 0 Å². The lowest BCUT2D eigenvalue weighted by molar-refractivity contribution is 1.19. The molecule has 0 aliphatic carbocycles. The molecule has 0 unspecified atom stereocenters. The molecule has 2 heteroatoms. The molecular formula is C58H38N2. The molecule has 0 aliphatic rings. The van der Waals surface area contributed by atoms with Gasteiger partial charge < -0.3 is 9.47 Å². The lowest BCUT2D eigenvalue weighted by Gasteiger charge is -2.26. The fourth-order valence-corrected chi connectivity index (χ4v) is 9.55. The Hall–Kier alpha value is -7.94. The molecule has 280 valence electrons. The topological polar surface area (TPSA) is 8.17 Å². The SMILES string of the molecule is c1ccc(-c2cc3ccccc3c3c2c2ccc(N(c4ccccc4)c4ccc(-c5cc6ccccc6c6ccccc56)cc4)cc2n3-c2ccc3ccccc3c2)cc1. The van der Waals surface area contributed by atoms with Gasteiger partial charge in [-0.05, 0) is 121 Å². The molecule has 0 bridgehead atoms. The first-order valence-electron chi connectivity index (χ1n) is 20.7. The number of para-hydroxylation sites is 1. The van der Waals surface area contributed by atoms with Crippen LogP contribution in [0.3, 0.4) is 0 Å². The predicted molar refractivity (Wildman–Crippen MR) is 256 cm³/mol. The van der Waals surface area contributed by atoms with E-state index in [1.54, 1.807) is 0 Å². The number of anilines is 3. The molecule has 0 amide bonds. The molecule has 0 saturated carbocycles. The van der Waals surface area contributed by atoms with Gasteiger partial charge in [-0.2, -0.15) is 0 Å². The molecule has 0 radical (unpaired) electrons. The molecule has 0 N–H and O–H groups in total. The number of hydrogen-bond acceptors (Lipinski definition) is 1. The van der Waals surface area contributed by atoms with Crippen molar-refractivity contribution in [2.45, 2.75) is 0 Å². The minimum atomic E-state index is 1.09. The van der Waals surface area contributed by atoms with Crippen LogP contribution in [0, 0.1) is 0 Å². The number of hydrogen-bond donors (Lipinski definition) is 0. The molecule has 12 rings (SSSR count). The largest absolute Gasteiger partial charge is 0.310 e. The average molecular weight is 763 g/mol. The van der Waals surface area contributed by atoms with E-state index in [1.807, 2.05) is 0 Å². The van der Waals surface area contributed by atoms with Crippen molar-refractivity contribution in [3.05, 3.63) is 231 Å². The highest BCUT2D eigenvalue weighted by Gasteiger charge is 2.22. The van der Waals surface area contributed by atoms with Gasteiger partial charge in [-0.25, -0.2) is 0 Å². The van der Waals surface area contributed by atoms with E-state index in [2.05, 4.69) is 240 Å². The number of aromatic nitrogens is 1. The van der Waals surface area contributed by atoms with Crippen LogP contribution in [0.25, 0.3) is 92.8 Å². The average Bonchev–Trinajstić information content (AvgIpc) is 3.67. The van der Waals surface area contributed by atoms with Gasteiger partial charge in [0.25, 0.3) is 0 Å². The van der Waals surface area contributed by atoms with Crippen LogP contribution in [0.1, 0.15) is 0 Å². The third-order valence-electron chi connectivity index (χ3n) is 12.3. The standard InChI is InChI=1S/C58H38N2/c1-3-16-40(17-4-1)55-37-44-20-10-12-24-50(44)58-57(55)53-34-33-48(38-56(53)60(58)47-32-27-39-15-7-8-18-42(39)35-47)59(45-21-5-2-6-22-45)46-30-28-41(29-31-46)54-36-43-19-9-11-23-49(43)51-25-13-14-26-52(51)54/h1-38H. The van der Waals surface area contributed by atoms with Gasteiger partial charge in [-0.1, -0.05) is 170 Å². The zero-order chi connectivity index (χ0) is 39.6. The second kappa shape index (κ2) is 13.9. The number of fused-ring (bicyclic) bond motifs is 9. The van der Waals surface area contributed by atoms with E-state index in [0.717, 1.165) is 28.3 Å². The first-order chi connectivity index (χ1) is 29.8. The van der Waals surface area contributed by atoms with E-state index < -0.39 is 0 Å². The third kappa shape index (κ3) is 5.50. The summed E-state index contributed by atoms with van der Waals surface area (Å²) in [5.41, 5.74) is 11.7. The molecule has 1 heterocycles. The van der Waals surface area contributed by atoms with E-state index >= 15 is 0 Å². The molecule has 2 nitrogen and oxygen atoms in total. The monoisotopic (exact) mass is 762 g/mol. The Balaban J connectivity index is 1.10. The highest BCUT2D eigenvalue weighted by molar-refractivity contribution is 6.24. The third-order valence-corrected chi connectivity index (χ3v) is 12.3. The molecule has 0 fully saturated rings. The molecule has 0 saturated heterocycles. The van der Waals surface area contributed by atoms with Crippen LogP contribution in [0.2, 0.25) is 0 Å². The van der Waals surface area contributed by atoms with E-state index in [-0.39, 0.29) is 0 Å². The van der Waals surface area contributed by atoms with Gasteiger partial charge in [0, 0.05) is 38.9 Å². The van der Waals surface area contributed by atoms with Gasteiger partial charge >= 0.3 is 0 Å². The van der Waals surface area contributed by atoms with Crippen LogP contribution >= 0.6 is 0 Å². The molecule has 0 aliphatic heterocycles. The Labute approximate surface area is 348 Å². The maximum Gasteiger partial charge on any atom is 0.0625 e. The van der Waals surface area contributed by atoms with Gasteiger partial charge in [0.1, 0.15) is 0 Å². The predicted octanol–water partition coefficient (Wildman–Crippen LogP) is 16.2. The first-order valence-corrected chi connectivity index (χ1v) is 20.7. The molecule has 0 atom stereocenters. The maximum atomic E-state index is 2.51. The fourth-order valence-electron chi connectivity index (χ4n) is 9.55. The Morgan fingerprint density at radius 2 is 0.850 bits per heavy atom. The van der Waals surface area contributed by atoms with Gasteiger partial charge in [-0.3, -0.25) is 0 Å². The van der Waals surface area contributed by atoms with Crippen LogP contribution in [0.4, 0.5) is 17.1 Å². The molecule has 60 heavy (non-hydrogen) atoms. The number of nitrogens with zero attached hydrogens (tertiary/aromatic N) is 2. The van der Waals surface area contributed by atoms with Gasteiger partial charge in [-0.15, -0.1) is 0 Å². The second-order valence-corrected chi connectivity index (χ2v) is 15.7. The lowest BCUT2D eigenvalue weighted by Crippen LogP contribution is -2.10. The maximum absolute atomic E-state index is 2.51. The Kier molecular flexibility index (Phi) is 7.89. The summed E-state index contributed by atoms with van der Waals surface area (Å²) in [7, 11) is 0. The fraction of sp³-hybridized carbons (Fsp3) is 0. The van der Waals surface area contributed by atoms with Crippen LogP contribution < -0.4 is 4.90 Å². The lowest BCUT2D eigenvalue weighted by atomic mass is 9.93.